The van der Waals surface area contributed by atoms with Crippen LogP contribution >= 0.6 is 0 Å². The van der Waals surface area contributed by atoms with Gasteiger partial charge in [-0.15, -0.1) is 0 Å². The van der Waals surface area contributed by atoms with Crippen LogP contribution in [0.4, 0.5) is 0 Å². The van der Waals surface area contributed by atoms with E-state index in [1.807, 2.05) is 12.1 Å². The molecular formula is C15H23NO2. The molecule has 0 bridgehead atoms. The van der Waals surface area contributed by atoms with Gasteiger partial charge in [0.15, 0.2) is 0 Å². The first kappa shape index (κ1) is 13.4. The Kier molecular flexibility index (Phi) is 4.25. The lowest BCUT2D eigenvalue weighted by Gasteiger charge is -2.37. The van der Waals surface area contributed by atoms with E-state index in [0.29, 0.717) is 0 Å². The third-order valence-corrected chi connectivity index (χ3v) is 4.03. The second-order valence-corrected chi connectivity index (χ2v) is 4.84. The average molecular weight is 249 g/mol. The third kappa shape index (κ3) is 2.38. The van der Waals surface area contributed by atoms with Gasteiger partial charge in [0.2, 0.25) is 0 Å². The summed E-state index contributed by atoms with van der Waals surface area (Å²) in [5.74, 6) is 0.827. The van der Waals surface area contributed by atoms with E-state index in [9.17, 15) is 5.11 Å². The Hall–Kier alpha value is -1.06. The van der Waals surface area contributed by atoms with Gasteiger partial charge in [0.05, 0.1) is 13.2 Å². The molecule has 0 saturated heterocycles. The normalized spacial score (nSPS) is 22.9. The molecule has 100 valence electrons. The summed E-state index contributed by atoms with van der Waals surface area (Å²) in [6, 6.07) is 6.27. The van der Waals surface area contributed by atoms with E-state index in [4.69, 9.17) is 4.74 Å². The third-order valence-electron chi connectivity index (χ3n) is 4.03. The molecule has 0 radical (unpaired) electrons. The molecule has 2 unspecified atom stereocenters. The maximum atomic E-state index is 10.6. The van der Waals surface area contributed by atoms with Gasteiger partial charge in [-0.3, -0.25) is 4.90 Å². The Bertz CT molecular complexity index is 401. The molecule has 1 aliphatic carbocycles. The van der Waals surface area contributed by atoms with Gasteiger partial charge in [-0.1, -0.05) is 19.9 Å². The van der Waals surface area contributed by atoms with Crippen LogP contribution < -0.4 is 4.74 Å². The number of ether oxygens (including phenoxy) is 1. The molecule has 2 atom stereocenters. The van der Waals surface area contributed by atoms with Crippen LogP contribution in [0.15, 0.2) is 18.2 Å². The van der Waals surface area contributed by atoms with E-state index in [1.54, 1.807) is 7.11 Å². The Labute approximate surface area is 109 Å². The number of aliphatic hydroxyl groups excluding tert-OH is 1. The molecule has 0 amide bonds. The molecule has 0 aromatic heterocycles. The summed E-state index contributed by atoms with van der Waals surface area (Å²) in [7, 11) is 1.67. The fraction of sp³-hybridized carbons (Fsp3) is 0.600. The predicted octanol–water partition coefficient (Wildman–Crippen LogP) is 2.39. The average Bonchev–Trinajstić information content (AvgIpc) is 2.42. The highest BCUT2D eigenvalue weighted by molar-refractivity contribution is 5.39. The molecule has 1 aliphatic rings. The molecule has 0 heterocycles. The van der Waals surface area contributed by atoms with Crippen molar-refractivity contribution in [2.45, 2.75) is 38.8 Å². The number of nitrogens with zero attached hydrogens (tertiary/aromatic N) is 1. The van der Waals surface area contributed by atoms with Crippen molar-refractivity contribution < 1.29 is 9.84 Å². The van der Waals surface area contributed by atoms with Crippen molar-refractivity contribution in [3.05, 3.63) is 29.3 Å². The van der Waals surface area contributed by atoms with Crippen LogP contribution in [0, 0.1) is 0 Å². The highest BCUT2D eigenvalue weighted by atomic mass is 16.5. The van der Waals surface area contributed by atoms with Gasteiger partial charge < -0.3 is 9.84 Å². The van der Waals surface area contributed by atoms with E-state index in [1.165, 1.54) is 5.56 Å². The number of likely N-dealkylation sites (N-methyl/N-ethyl adjacent to an activating group) is 1. The summed E-state index contributed by atoms with van der Waals surface area (Å²) in [5, 5.41) is 10.6. The van der Waals surface area contributed by atoms with Crippen molar-refractivity contribution >= 4 is 0 Å². The lowest BCUT2D eigenvalue weighted by Crippen LogP contribution is -2.42. The van der Waals surface area contributed by atoms with Gasteiger partial charge in [0.1, 0.15) is 5.75 Å². The summed E-state index contributed by atoms with van der Waals surface area (Å²) < 4.78 is 5.25. The van der Waals surface area contributed by atoms with Crippen molar-refractivity contribution in [1.82, 2.24) is 4.90 Å². The topological polar surface area (TPSA) is 32.7 Å². The van der Waals surface area contributed by atoms with Crippen LogP contribution in [-0.2, 0) is 6.42 Å². The fourth-order valence-electron chi connectivity index (χ4n) is 2.95. The van der Waals surface area contributed by atoms with E-state index in [0.717, 1.165) is 37.2 Å². The number of aliphatic hydroxyl groups is 1. The molecule has 0 spiro atoms. The molecule has 1 aromatic rings. The molecule has 2 rings (SSSR count). The molecule has 0 aliphatic heterocycles. The number of methoxy groups -OCH3 is 1. The lowest BCUT2D eigenvalue weighted by atomic mass is 9.85. The van der Waals surface area contributed by atoms with Gasteiger partial charge >= 0.3 is 0 Å². The molecule has 18 heavy (non-hydrogen) atoms. The van der Waals surface area contributed by atoms with Crippen molar-refractivity contribution in [3.8, 4) is 5.75 Å². The maximum Gasteiger partial charge on any atom is 0.119 e. The fourth-order valence-corrected chi connectivity index (χ4v) is 2.95. The number of hydrogen-bond acceptors (Lipinski definition) is 3. The number of fused-ring (bicyclic) bond motifs is 1. The number of aryl methyl sites for hydroxylation is 1. The largest absolute Gasteiger partial charge is 0.497 e. The Morgan fingerprint density at radius 2 is 2.06 bits per heavy atom. The summed E-state index contributed by atoms with van der Waals surface area (Å²) in [5.41, 5.74) is 2.30. The monoisotopic (exact) mass is 249 g/mol. The minimum Gasteiger partial charge on any atom is -0.497 e. The van der Waals surface area contributed by atoms with Gasteiger partial charge in [0, 0.05) is 6.04 Å². The van der Waals surface area contributed by atoms with Gasteiger partial charge in [0.25, 0.3) is 0 Å². The van der Waals surface area contributed by atoms with E-state index >= 15 is 0 Å². The Morgan fingerprint density at radius 3 is 2.67 bits per heavy atom. The van der Waals surface area contributed by atoms with Crippen LogP contribution in [0.25, 0.3) is 0 Å². The van der Waals surface area contributed by atoms with Crippen LogP contribution in [-0.4, -0.2) is 36.2 Å². The van der Waals surface area contributed by atoms with E-state index in [-0.39, 0.29) is 6.04 Å². The molecule has 0 fully saturated rings. The lowest BCUT2D eigenvalue weighted by molar-refractivity contribution is 0.0413. The SMILES string of the molecule is CCN(CC)C1CCc2ccc(OC)cc2C1O. The van der Waals surface area contributed by atoms with Crippen LogP contribution in [0.3, 0.4) is 0 Å². The zero-order chi connectivity index (χ0) is 13.1. The zero-order valence-electron chi connectivity index (χ0n) is 11.5. The minimum atomic E-state index is -0.399. The van der Waals surface area contributed by atoms with Crippen molar-refractivity contribution in [2.24, 2.45) is 0 Å². The first-order valence-electron chi connectivity index (χ1n) is 6.80. The standard InChI is InChI=1S/C15H23NO2/c1-4-16(5-2)14-9-7-11-6-8-12(18-3)10-13(11)15(14)17/h6,8,10,14-15,17H,4-5,7,9H2,1-3H3. The summed E-state index contributed by atoms with van der Waals surface area (Å²) in [4.78, 5) is 2.34. The summed E-state index contributed by atoms with van der Waals surface area (Å²) >= 11 is 0. The van der Waals surface area contributed by atoms with Gasteiger partial charge in [-0.25, -0.2) is 0 Å². The number of benzene rings is 1. The first-order valence-corrected chi connectivity index (χ1v) is 6.80. The summed E-state index contributed by atoms with van der Waals surface area (Å²) in [6.45, 7) is 6.27. The van der Waals surface area contributed by atoms with E-state index < -0.39 is 6.10 Å². The highest BCUT2D eigenvalue weighted by Gasteiger charge is 2.31. The van der Waals surface area contributed by atoms with Crippen LogP contribution in [0.5, 0.6) is 5.75 Å². The second kappa shape index (κ2) is 5.72. The molecule has 3 nitrogen and oxygen atoms in total. The molecule has 3 heteroatoms. The Balaban J connectivity index is 2.28. The predicted molar refractivity (Wildman–Crippen MR) is 73.0 cm³/mol. The molecular weight excluding hydrogens is 226 g/mol. The second-order valence-electron chi connectivity index (χ2n) is 4.84. The molecule has 1 N–H and O–H groups in total. The molecule has 0 saturated carbocycles. The van der Waals surface area contributed by atoms with Crippen molar-refractivity contribution in [2.75, 3.05) is 20.2 Å². The summed E-state index contributed by atoms with van der Waals surface area (Å²) in [6.07, 6.45) is 1.67. The first-order chi connectivity index (χ1) is 8.71. The quantitative estimate of drug-likeness (QED) is 0.889. The van der Waals surface area contributed by atoms with Gasteiger partial charge in [-0.2, -0.15) is 0 Å². The number of hydrogen-bond donors (Lipinski definition) is 1. The van der Waals surface area contributed by atoms with Gasteiger partial charge in [-0.05, 0) is 49.2 Å². The Morgan fingerprint density at radius 1 is 1.33 bits per heavy atom. The van der Waals surface area contributed by atoms with Crippen LogP contribution in [0.2, 0.25) is 0 Å². The van der Waals surface area contributed by atoms with Crippen molar-refractivity contribution in [3.63, 3.8) is 0 Å². The van der Waals surface area contributed by atoms with Crippen LogP contribution in [0.1, 0.15) is 37.5 Å². The molecule has 1 aromatic carbocycles. The van der Waals surface area contributed by atoms with E-state index in [2.05, 4.69) is 24.8 Å². The number of rotatable bonds is 4. The smallest absolute Gasteiger partial charge is 0.119 e. The minimum absolute atomic E-state index is 0.236. The van der Waals surface area contributed by atoms with Crippen molar-refractivity contribution in [1.29, 1.82) is 0 Å². The maximum absolute atomic E-state index is 10.6. The highest BCUT2D eigenvalue weighted by Crippen LogP contribution is 2.34. The zero-order valence-corrected chi connectivity index (χ0v) is 11.5.